The summed E-state index contributed by atoms with van der Waals surface area (Å²) in [6, 6.07) is 9.91. The zero-order chi connectivity index (χ0) is 16.8. The van der Waals surface area contributed by atoms with E-state index in [-0.39, 0.29) is 24.0 Å². The lowest BCUT2D eigenvalue weighted by Crippen LogP contribution is -2.39. The normalized spacial score (nSPS) is 17.4. The van der Waals surface area contributed by atoms with Crippen LogP contribution in [0, 0.1) is 5.92 Å². The topological polar surface area (TPSA) is 62.9 Å². The summed E-state index contributed by atoms with van der Waals surface area (Å²) in [6.07, 6.45) is 2.83. The molecule has 1 aromatic carbocycles. The molecule has 0 aliphatic carbocycles. The van der Waals surface area contributed by atoms with Crippen LogP contribution >= 0.6 is 24.0 Å². The monoisotopic (exact) mass is 456 g/mol. The van der Waals surface area contributed by atoms with Crippen LogP contribution in [0.2, 0.25) is 0 Å². The summed E-state index contributed by atoms with van der Waals surface area (Å²) in [6.45, 7) is 3.37. The quantitative estimate of drug-likeness (QED) is 0.426. The fourth-order valence-corrected chi connectivity index (χ4v) is 3.00. The molecule has 1 fully saturated rings. The molecule has 1 aromatic heterocycles. The van der Waals surface area contributed by atoms with Crippen molar-refractivity contribution in [2.24, 2.45) is 10.9 Å². The number of rotatable bonds is 5. The van der Waals surface area contributed by atoms with Gasteiger partial charge in [-0.25, -0.2) is 4.98 Å². The predicted octanol–water partition coefficient (Wildman–Crippen LogP) is 3.00. The Morgan fingerprint density at radius 1 is 1.40 bits per heavy atom. The summed E-state index contributed by atoms with van der Waals surface area (Å²) in [5.41, 5.74) is 1.85. The van der Waals surface area contributed by atoms with Crippen LogP contribution in [0.4, 0.5) is 0 Å². The molecule has 0 radical (unpaired) electrons. The van der Waals surface area contributed by atoms with Crippen molar-refractivity contribution in [1.82, 2.24) is 15.2 Å². The van der Waals surface area contributed by atoms with Crippen LogP contribution in [0.25, 0.3) is 11.5 Å². The summed E-state index contributed by atoms with van der Waals surface area (Å²) >= 11 is 0. The molecular weight excluding hydrogens is 431 g/mol. The third-order valence-corrected chi connectivity index (χ3v) is 4.20. The average molecular weight is 456 g/mol. The van der Waals surface area contributed by atoms with Gasteiger partial charge in [-0.05, 0) is 18.6 Å². The second-order valence-electron chi connectivity index (χ2n) is 5.97. The second kappa shape index (κ2) is 9.76. The second-order valence-corrected chi connectivity index (χ2v) is 5.97. The Balaban J connectivity index is 0.00000225. The summed E-state index contributed by atoms with van der Waals surface area (Å²) in [7, 11) is 3.56. The molecule has 0 bridgehead atoms. The van der Waals surface area contributed by atoms with Gasteiger partial charge in [0.15, 0.2) is 5.96 Å². The number of halogens is 1. The number of benzene rings is 1. The molecule has 1 atom stereocenters. The van der Waals surface area contributed by atoms with Gasteiger partial charge in [-0.1, -0.05) is 18.2 Å². The van der Waals surface area contributed by atoms with Crippen LogP contribution in [-0.4, -0.2) is 49.7 Å². The molecule has 1 unspecified atom stereocenters. The number of hydrogen-bond donors (Lipinski definition) is 1. The van der Waals surface area contributed by atoms with Crippen molar-refractivity contribution >= 4 is 29.9 Å². The number of nitrogens with one attached hydrogen (secondary N) is 1. The Labute approximate surface area is 165 Å². The lowest BCUT2D eigenvalue weighted by molar-refractivity contribution is 0.157. The Morgan fingerprint density at radius 2 is 2.20 bits per heavy atom. The molecule has 136 valence electrons. The van der Waals surface area contributed by atoms with Crippen LogP contribution in [0.1, 0.15) is 12.1 Å². The molecule has 6 nitrogen and oxygen atoms in total. The zero-order valence-electron chi connectivity index (χ0n) is 14.6. The number of hydrogen-bond acceptors (Lipinski definition) is 4. The number of aromatic nitrogens is 1. The smallest absolute Gasteiger partial charge is 0.226 e. The van der Waals surface area contributed by atoms with E-state index in [9.17, 15) is 0 Å². The first-order valence-corrected chi connectivity index (χ1v) is 8.24. The Kier molecular flexibility index (Phi) is 7.70. The highest BCUT2D eigenvalue weighted by atomic mass is 127. The van der Waals surface area contributed by atoms with Gasteiger partial charge in [0.05, 0.1) is 18.8 Å². The Morgan fingerprint density at radius 3 is 2.92 bits per heavy atom. The molecule has 25 heavy (non-hydrogen) atoms. The van der Waals surface area contributed by atoms with E-state index in [1.165, 1.54) is 0 Å². The van der Waals surface area contributed by atoms with Crippen molar-refractivity contribution in [1.29, 1.82) is 0 Å². The zero-order valence-corrected chi connectivity index (χ0v) is 17.0. The standard InChI is InChI=1S/C18H24N4O2.HI/c1-19-18(22-9-8-14(11-22)12-23-2)20-10-16-13-24-17(21-16)15-6-4-3-5-7-15;/h3-7,13-14H,8-12H2,1-2H3,(H,19,20);1H. The van der Waals surface area contributed by atoms with Gasteiger partial charge < -0.3 is 19.4 Å². The van der Waals surface area contributed by atoms with E-state index in [1.54, 1.807) is 13.4 Å². The van der Waals surface area contributed by atoms with Gasteiger partial charge >= 0.3 is 0 Å². The van der Waals surface area contributed by atoms with E-state index in [0.29, 0.717) is 18.4 Å². The van der Waals surface area contributed by atoms with Gasteiger partial charge in [0, 0.05) is 38.7 Å². The predicted molar refractivity (Wildman–Crippen MR) is 109 cm³/mol. The highest BCUT2D eigenvalue weighted by Crippen LogP contribution is 2.18. The SMILES string of the molecule is CN=C(NCc1coc(-c2ccccc2)n1)N1CCC(COC)C1.I. The van der Waals surface area contributed by atoms with Gasteiger partial charge in [0.1, 0.15) is 6.26 Å². The number of aliphatic imine (C=N–C) groups is 1. The Hall–Kier alpha value is -1.61. The minimum Gasteiger partial charge on any atom is -0.444 e. The fourth-order valence-electron chi connectivity index (χ4n) is 3.00. The van der Waals surface area contributed by atoms with Crippen molar-refractivity contribution in [3.8, 4) is 11.5 Å². The minimum atomic E-state index is 0. The number of likely N-dealkylation sites (tertiary alicyclic amines) is 1. The molecule has 0 spiro atoms. The number of nitrogens with zero attached hydrogens (tertiary/aromatic N) is 3. The van der Waals surface area contributed by atoms with Crippen molar-refractivity contribution in [3.63, 3.8) is 0 Å². The summed E-state index contributed by atoms with van der Waals surface area (Å²) in [5.74, 6) is 2.12. The number of ether oxygens (including phenoxy) is 1. The van der Waals surface area contributed by atoms with E-state index in [1.807, 2.05) is 37.4 Å². The molecule has 0 saturated carbocycles. The number of guanidine groups is 1. The van der Waals surface area contributed by atoms with Gasteiger partial charge in [-0.3, -0.25) is 4.99 Å². The van der Waals surface area contributed by atoms with Gasteiger partial charge in [-0.2, -0.15) is 0 Å². The minimum absolute atomic E-state index is 0. The third-order valence-electron chi connectivity index (χ3n) is 4.20. The van der Waals surface area contributed by atoms with Crippen LogP contribution in [0.15, 0.2) is 46.0 Å². The molecule has 0 amide bonds. The highest BCUT2D eigenvalue weighted by molar-refractivity contribution is 14.0. The molecule has 1 N–H and O–H groups in total. The van der Waals surface area contributed by atoms with E-state index in [2.05, 4.69) is 20.2 Å². The maximum Gasteiger partial charge on any atom is 0.226 e. The molecule has 2 heterocycles. The van der Waals surface area contributed by atoms with Crippen molar-refractivity contribution in [2.75, 3.05) is 33.9 Å². The first-order valence-electron chi connectivity index (χ1n) is 8.24. The van der Waals surface area contributed by atoms with Crippen molar-refractivity contribution < 1.29 is 9.15 Å². The van der Waals surface area contributed by atoms with Gasteiger partial charge in [0.2, 0.25) is 5.89 Å². The first-order chi connectivity index (χ1) is 11.8. The number of oxazole rings is 1. The first kappa shape index (κ1) is 19.7. The van der Waals surface area contributed by atoms with E-state index in [0.717, 1.165) is 43.3 Å². The molecule has 2 aromatic rings. The summed E-state index contributed by atoms with van der Waals surface area (Å²) in [5, 5.41) is 3.37. The Bertz CT molecular complexity index is 675. The maximum absolute atomic E-state index is 5.57. The van der Waals surface area contributed by atoms with Gasteiger partial charge in [-0.15, -0.1) is 24.0 Å². The molecule has 7 heteroatoms. The molecular formula is C18H25IN4O2. The lowest BCUT2D eigenvalue weighted by Gasteiger charge is -2.21. The largest absolute Gasteiger partial charge is 0.444 e. The van der Waals surface area contributed by atoms with Crippen molar-refractivity contribution in [3.05, 3.63) is 42.3 Å². The van der Waals surface area contributed by atoms with E-state index < -0.39 is 0 Å². The maximum atomic E-state index is 5.57. The summed E-state index contributed by atoms with van der Waals surface area (Å²) in [4.78, 5) is 11.2. The number of methoxy groups -OCH3 is 1. The third kappa shape index (κ3) is 5.18. The molecule has 1 aliphatic rings. The van der Waals surface area contributed by atoms with Crippen LogP contribution in [0.3, 0.4) is 0 Å². The average Bonchev–Trinajstić information content (AvgIpc) is 3.27. The fraction of sp³-hybridized carbons (Fsp3) is 0.444. The van der Waals surface area contributed by atoms with Crippen LogP contribution in [-0.2, 0) is 11.3 Å². The van der Waals surface area contributed by atoms with Gasteiger partial charge in [0.25, 0.3) is 0 Å². The lowest BCUT2D eigenvalue weighted by atomic mass is 10.1. The summed E-state index contributed by atoms with van der Waals surface area (Å²) < 4.78 is 10.8. The highest BCUT2D eigenvalue weighted by Gasteiger charge is 2.24. The molecule has 1 saturated heterocycles. The van der Waals surface area contributed by atoms with Crippen LogP contribution < -0.4 is 5.32 Å². The van der Waals surface area contributed by atoms with E-state index >= 15 is 0 Å². The van der Waals surface area contributed by atoms with Crippen molar-refractivity contribution in [2.45, 2.75) is 13.0 Å². The van der Waals surface area contributed by atoms with E-state index in [4.69, 9.17) is 9.15 Å². The van der Waals surface area contributed by atoms with Crippen LogP contribution in [0.5, 0.6) is 0 Å². The molecule has 3 rings (SSSR count). The molecule has 1 aliphatic heterocycles.